The van der Waals surface area contributed by atoms with Gasteiger partial charge in [-0.05, 0) is 19.3 Å². The minimum Gasteiger partial charge on any atom is -0.479 e. The number of hydrogen-bond donors (Lipinski definition) is 9. The third-order valence-electron chi connectivity index (χ3n) is 7.86. The van der Waals surface area contributed by atoms with Crippen molar-refractivity contribution < 1.29 is 79.3 Å². The Kier molecular flexibility index (Phi) is 10.2. The van der Waals surface area contributed by atoms with Crippen LogP contribution in [0.25, 0.3) is 0 Å². The molecule has 3 heterocycles. The molecule has 0 bridgehead atoms. The molecule has 0 aromatic heterocycles. The largest absolute Gasteiger partial charge is 0.479 e. The van der Waals surface area contributed by atoms with E-state index in [1.54, 1.807) is 6.92 Å². The zero-order valence-corrected chi connectivity index (χ0v) is 21.2. The van der Waals surface area contributed by atoms with Gasteiger partial charge in [-0.2, -0.15) is 0 Å². The van der Waals surface area contributed by atoms with E-state index < -0.39 is 122 Å². The van der Waals surface area contributed by atoms with Crippen molar-refractivity contribution in [1.29, 1.82) is 0 Å². The smallest absolute Gasteiger partial charge is 0.335 e. The minimum absolute atomic E-state index is 0.191. The Morgan fingerprint density at radius 1 is 0.590 bits per heavy atom. The molecule has 0 aliphatic carbocycles. The van der Waals surface area contributed by atoms with Crippen molar-refractivity contribution in [2.45, 2.75) is 106 Å². The van der Waals surface area contributed by atoms with E-state index in [-0.39, 0.29) is 6.42 Å². The summed E-state index contributed by atoms with van der Waals surface area (Å²) in [6, 6.07) is 0. The van der Waals surface area contributed by atoms with Gasteiger partial charge in [0.15, 0.2) is 18.3 Å². The molecule has 39 heavy (non-hydrogen) atoms. The molecule has 3 aliphatic heterocycles. The van der Waals surface area contributed by atoms with Gasteiger partial charge in [-0.15, -0.1) is 0 Å². The molecule has 16 nitrogen and oxygen atoms in total. The molecule has 16 heteroatoms. The Hall–Kier alpha value is -1.99. The quantitative estimate of drug-likeness (QED) is 0.129. The van der Waals surface area contributed by atoms with E-state index in [9.17, 15) is 60.3 Å². The van der Waals surface area contributed by atoms with Crippen LogP contribution in [-0.2, 0) is 33.3 Å². The maximum atomic E-state index is 12.1. The van der Waals surface area contributed by atoms with Crippen LogP contribution in [0.1, 0.15) is 26.2 Å². The van der Waals surface area contributed by atoms with Gasteiger partial charge >= 0.3 is 17.9 Å². The maximum Gasteiger partial charge on any atom is 0.335 e. The van der Waals surface area contributed by atoms with Crippen molar-refractivity contribution in [2.75, 3.05) is 7.11 Å². The van der Waals surface area contributed by atoms with Gasteiger partial charge < -0.3 is 64.9 Å². The Bertz CT molecular complexity index is 884. The summed E-state index contributed by atoms with van der Waals surface area (Å²) in [6.45, 7) is 1.61. The molecule has 3 rings (SSSR count). The fourth-order valence-electron chi connectivity index (χ4n) is 5.72. The minimum atomic E-state index is -1.86. The van der Waals surface area contributed by atoms with Gasteiger partial charge in [0.25, 0.3) is 0 Å². The molecular weight excluding hydrogens is 532 g/mol. The van der Waals surface area contributed by atoms with Gasteiger partial charge in [0.2, 0.25) is 0 Å². The second-order valence-electron chi connectivity index (χ2n) is 10.2. The lowest BCUT2D eigenvalue weighted by Crippen LogP contribution is -2.63. The summed E-state index contributed by atoms with van der Waals surface area (Å²) in [6.07, 6.45) is -21.9. The lowest BCUT2D eigenvalue weighted by molar-refractivity contribution is -0.256. The first-order valence-electron chi connectivity index (χ1n) is 12.5. The highest BCUT2D eigenvalue weighted by molar-refractivity contribution is 5.74. The van der Waals surface area contributed by atoms with Crippen molar-refractivity contribution >= 4 is 17.9 Å². The number of hydrogen-bond acceptors (Lipinski definition) is 13. The predicted octanol–water partition coefficient (Wildman–Crippen LogP) is -3.85. The summed E-state index contributed by atoms with van der Waals surface area (Å²) in [5, 5.41) is 92.3. The number of carboxylic acids is 3. The Morgan fingerprint density at radius 2 is 0.949 bits per heavy atom. The number of ether oxygens (including phenoxy) is 4. The molecular formula is C23H36O16. The number of aliphatic hydroxyl groups is 6. The van der Waals surface area contributed by atoms with Crippen LogP contribution in [-0.4, -0.2) is 150 Å². The lowest BCUT2D eigenvalue weighted by Gasteiger charge is -2.47. The molecule has 3 aliphatic rings. The van der Waals surface area contributed by atoms with Crippen molar-refractivity contribution in [2.24, 2.45) is 11.8 Å². The summed E-state index contributed by atoms with van der Waals surface area (Å²) in [5.74, 6) is -7.42. The fourth-order valence-corrected chi connectivity index (χ4v) is 5.72. The van der Waals surface area contributed by atoms with Gasteiger partial charge in [-0.1, -0.05) is 6.92 Å². The number of aliphatic hydroxyl groups excluding tert-OH is 6. The van der Waals surface area contributed by atoms with E-state index in [4.69, 9.17) is 18.9 Å². The van der Waals surface area contributed by atoms with Crippen LogP contribution in [0.5, 0.6) is 0 Å². The lowest BCUT2D eigenvalue weighted by atomic mass is 9.76. The number of rotatable bonds is 9. The molecule has 0 amide bonds. The number of carbonyl (C=O) groups is 3. The molecule has 3 fully saturated rings. The van der Waals surface area contributed by atoms with Crippen LogP contribution < -0.4 is 0 Å². The monoisotopic (exact) mass is 568 g/mol. The topological polar surface area (TPSA) is 270 Å². The van der Waals surface area contributed by atoms with Crippen molar-refractivity contribution in [3.63, 3.8) is 0 Å². The van der Waals surface area contributed by atoms with E-state index in [1.807, 2.05) is 0 Å². The summed E-state index contributed by atoms with van der Waals surface area (Å²) in [4.78, 5) is 35.5. The van der Waals surface area contributed by atoms with E-state index in [1.165, 1.54) is 0 Å². The van der Waals surface area contributed by atoms with E-state index in [0.29, 0.717) is 0 Å². The standard InChI is InChI=1S/C23H36O16/c1-3-8-13(26)11(24)6(17(37-8)21(30)31)4-9-14(27)12(25)7(18(38-9)22(32)33)5-10-15(28)16(29)19(36-2)20(39-10)23(34)35/h6-20,24-29H,3-5H2,1-2H3,(H,30,31)(H,32,33)(H,34,35). The van der Waals surface area contributed by atoms with E-state index in [2.05, 4.69) is 0 Å². The zero-order valence-electron chi connectivity index (χ0n) is 21.2. The first-order chi connectivity index (χ1) is 18.2. The molecule has 224 valence electrons. The van der Waals surface area contributed by atoms with Gasteiger partial charge in [-0.25, -0.2) is 14.4 Å². The zero-order chi connectivity index (χ0) is 29.3. The molecule has 0 spiro atoms. The Morgan fingerprint density at radius 3 is 1.33 bits per heavy atom. The Labute approximate surface area is 222 Å². The highest BCUT2D eigenvalue weighted by Gasteiger charge is 2.55. The first kappa shape index (κ1) is 31.5. The third-order valence-corrected chi connectivity index (χ3v) is 7.86. The average molecular weight is 569 g/mol. The normalized spacial score (nSPS) is 46.9. The van der Waals surface area contributed by atoms with Crippen LogP contribution in [0.2, 0.25) is 0 Å². The van der Waals surface area contributed by atoms with Crippen LogP contribution >= 0.6 is 0 Å². The number of methoxy groups -OCH3 is 1. The summed E-state index contributed by atoms with van der Waals surface area (Å²) < 4.78 is 21.2. The van der Waals surface area contributed by atoms with E-state index in [0.717, 1.165) is 7.11 Å². The van der Waals surface area contributed by atoms with Crippen LogP contribution in [0.4, 0.5) is 0 Å². The second kappa shape index (κ2) is 12.7. The summed E-state index contributed by atoms with van der Waals surface area (Å²) in [7, 11) is 1.10. The van der Waals surface area contributed by atoms with Crippen molar-refractivity contribution in [3.05, 3.63) is 0 Å². The van der Waals surface area contributed by atoms with Crippen LogP contribution in [0.3, 0.4) is 0 Å². The molecule has 0 aromatic carbocycles. The van der Waals surface area contributed by atoms with Gasteiger partial charge in [0.1, 0.15) is 30.5 Å². The molecule has 0 saturated carbocycles. The first-order valence-corrected chi connectivity index (χ1v) is 12.5. The SMILES string of the molecule is CCC1OC(C(=O)O)C(CC2OC(C(=O)O)C(CC3OC(C(=O)O)C(OC)C(O)C3O)C(O)C2O)C(O)C1O. The molecule has 0 aromatic rings. The summed E-state index contributed by atoms with van der Waals surface area (Å²) in [5.41, 5.74) is 0. The van der Waals surface area contributed by atoms with Crippen molar-refractivity contribution in [1.82, 2.24) is 0 Å². The maximum absolute atomic E-state index is 12.1. The molecule has 3 saturated heterocycles. The highest BCUT2D eigenvalue weighted by Crippen LogP contribution is 2.39. The third kappa shape index (κ3) is 6.19. The summed E-state index contributed by atoms with van der Waals surface area (Å²) >= 11 is 0. The second-order valence-corrected chi connectivity index (χ2v) is 10.2. The van der Waals surface area contributed by atoms with Crippen LogP contribution in [0.15, 0.2) is 0 Å². The van der Waals surface area contributed by atoms with Gasteiger partial charge in [-0.3, -0.25) is 0 Å². The van der Waals surface area contributed by atoms with Crippen LogP contribution in [0, 0.1) is 11.8 Å². The predicted molar refractivity (Wildman–Crippen MR) is 122 cm³/mol. The van der Waals surface area contributed by atoms with Gasteiger partial charge in [0, 0.05) is 18.9 Å². The fraction of sp³-hybridized carbons (Fsp3) is 0.870. The number of carboxylic acid groups (broad SMARTS) is 3. The Balaban J connectivity index is 1.81. The number of aliphatic carboxylic acids is 3. The molecule has 15 atom stereocenters. The average Bonchev–Trinajstić information content (AvgIpc) is 2.88. The van der Waals surface area contributed by atoms with Crippen molar-refractivity contribution in [3.8, 4) is 0 Å². The molecule has 15 unspecified atom stereocenters. The van der Waals surface area contributed by atoms with E-state index >= 15 is 0 Å². The highest BCUT2D eigenvalue weighted by atomic mass is 16.6. The molecule has 0 radical (unpaired) electrons. The molecule has 9 N–H and O–H groups in total. The van der Waals surface area contributed by atoms with Gasteiger partial charge in [0.05, 0.1) is 30.5 Å².